The van der Waals surface area contributed by atoms with Gasteiger partial charge in [-0.15, -0.1) is 0 Å². The van der Waals surface area contributed by atoms with E-state index < -0.39 is 0 Å². The molecule has 0 amide bonds. The van der Waals surface area contributed by atoms with E-state index in [1.807, 2.05) is 30.3 Å². The second-order valence-corrected chi connectivity index (χ2v) is 7.71. The number of rotatable bonds is 8. The van der Waals surface area contributed by atoms with Gasteiger partial charge in [0.15, 0.2) is 0 Å². The van der Waals surface area contributed by atoms with E-state index in [4.69, 9.17) is 4.74 Å². The van der Waals surface area contributed by atoms with Crippen molar-refractivity contribution in [3.8, 4) is 5.75 Å². The molecule has 0 spiro atoms. The number of ether oxygens (including phenoxy) is 1. The van der Waals surface area contributed by atoms with Crippen molar-refractivity contribution in [2.45, 2.75) is 40.2 Å². The van der Waals surface area contributed by atoms with Crippen molar-refractivity contribution < 1.29 is 26.6 Å². The molecule has 1 fully saturated rings. The number of nitrogens with one attached hydrogen (secondary N) is 1. The molecule has 1 unspecified atom stereocenters. The summed E-state index contributed by atoms with van der Waals surface area (Å²) in [6.07, 6.45) is 2.37. The van der Waals surface area contributed by atoms with Crippen molar-refractivity contribution in [1.82, 2.24) is 4.90 Å². The van der Waals surface area contributed by atoms with E-state index in [2.05, 4.69) is 37.8 Å². The van der Waals surface area contributed by atoms with Crippen LogP contribution in [0.4, 0.5) is 0 Å². The molecule has 0 bridgehead atoms. The molecule has 0 aromatic heterocycles. The minimum Gasteiger partial charge on any atom is -1.00 e. The van der Waals surface area contributed by atoms with Crippen molar-refractivity contribution >= 4 is 0 Å². The summed E-state index contributed by atoms with van der Waals surface area (Å²) in [6.45, 7) is 13.5. The quantitative estimate of drug-likeness (QED) is 0.597. The van der Waals surface area contributed by atoms with Gasteiger partial charge in [-0.3, -0.25) is 0 Å². The average Bonchev–Trinajstić information content (AvgIpc) is 3.06. The van der Waals surface area contributed by atoms with Gasteiger partial charge < -0.3 is 26.6 Å². The third kappa shape index (κ3) is 6.63. The van der Waals surface area contributed by atoms with Crippen LogP contribution in [0.3, 0.4) is 0 Å². The zero-order chi connectivity index (χ0) is 18.4. The fraction of sp³-hybridized carbons (Fsp3) is 0.478. The number of halogens is 1. The van der Waals surface area contributed by atoms with Gasteiger partial charge in [-0.2, -0.15) is 0 Å². The number of quaternary nitrogens is 1. The Labute approximate surface area is 175 Å². The molecule has 1 aliphatic rings. The Morgan fingerprint density at radius 2 is 1.70 bits per heavy atom. The Balaban J connectivity index is 0.00000261. The molecule has 1 aliphatic heterocycles. The third-order valence-corrected chi connectivity index (χ3v) is 5.39. The number of hydrogen-bond acceptors (Lipinski definition) is 2. The highest BCUT2D eigenvalue weighted by molar-refractivity contribution is 5.37. The Morgan fingerprint density at radius 3 is 2.41 bits per heavy atom. The van der Waals surface area contributed by atoms with Gasteiger partial charge in [-0.05, 0) is 62.4 Å². The average molecular weight is 433 g/mol. The monoisotopic (exact) mass is 432 g/mol. The van der Waals surface area contributed by atoms with Crippen LogP contribution < -0.4 is 26.6 Å². The molecule has 148 valence electrons. The summed E-state index contributed by atoms with van der Waals surface area (Å²) in [5.41, 5.74) is 5.77. The molecule has 1 saturated heterocycles. The van der Waals surface area contributed by atoms with Crippen LogP contribution in [0.15, 0.2) is 42.5 Å². The van der Waals surface area contributed by atoms with E-state index in [1.54, 1.807) is 4.90 Å². The van der Waals surface area contributed by atoms with Gasteiger partial charge in [-0.1, -0.05) is 35.9 Å². The van der Waals surface area contributed by atoms with Crippen LogP contribution >= 0.6 is 0 Å². The van der Waals surface area contributed by atoms with Crippen molar-refractivity contribution in [2.75, 3.05) is 32.9 Å². The van der Waals surface area contributed by atoms with E-state index >= 15 is 0 Å². The highest BCUT2D eigenvalue weighted by Gasteiger charge is 2.23. The predicted molar refractivity (Wildman–Crippen MR) is 108 cm³/mol. The maximum absolute atomic E-state index is 5.79. The van der Waals surface area contributed by atoms with Crippen LogP contribution in [0.25, 0.3) is 0 Å². The zero-order valence-electron chi connectivity index (χ0n) is 16.9. The lowest BCUT2D eigenvalue weighted by Gasteiger charge is -2.18. The van der Waals surface area contributed by atoms with Gasteiger partial charge in [0, 0.05) is 6.54 Å². The van der Waals surface area contributed by atoms with Crippen molar-refractivity contribution in [3.63, 3.8) is 0 Å². The van der Waals surface area contributed by atoms with Gasteiger partial charge in [0.25, 0.3) is 0 Å². The summed E-state index contributed by atoms with van der Waals surface area (Å²) >= 11 is 0. The summed E-state index contributed by atoms with van der Waals surface area (Å²) in [6, 6.07) is 14.8. The van der Waals surface area contributed by atoms with E-state index in [1.165, 1.54) is 55.0 Å². The number of nitrogens with zero attached hydrogens (tertiary/aromatic N) is 1. The topological polar surface area (TPSA) is 16.9 Å². The Morgan fingerprint density at radius 1 is 1.00 bits per heavy atom. The first kappa shape index (κ1) is 21.9. The minimum atomic E-state index is 0. The second-order valence-electron chi connectivity index (χ2n) is 7.71. The molecule has 0 radical (unpaired) electrons. The summed E-state index contributed by atoms with van der Waals surface area (Å²) in [7, 11) is 0. The van der Waals surface area contributed by atoms with E-state index in [-0.39, 0.29) is 17.0 Å². The number of para-hydroxylation sites is 1. The standard InChI is InChI=1S/C23H32N2O.BrH/c1-19-15-20(2)23(21(3)16-19)17-25-13-12-24(18-25)11-7-8-14-26-22-9-5-4-6-10-22;/h4-6,9-10,15-16H,7-8,11-14,17-18H2,1-3H3;1H. The fourth-order valence-corrected chi connectivity index (χ4v) is 4.00. The van der Waals surface area contributed by atoms with Crippen molar-refractivity contribution in [1.29, 1.82) is 0 Å². The first-order valence-corrected chi connectivity index (χ1v) is 9.92. The highest BCUT2D eigenvalue weighted by atomic mass is 79.9. The molecular weight excluding hydrogens is 400 g/mol. The van der Waals surface area contributed by atoms with Gasteiger partial charge >= 0.3 is 0 Å². The number of aryl methyl sites for hydroxylation is 3. The van der Waals surface area contributed by atoms with Crippen molar-refractivity contribution in [3.05, 3.63) is 64.7 Å². The Hall–Kier alpha value is -1.36. The highest BCUT2D eigenvalue weighted by Crippen LogP contribution is 2.18. The van der Waals surface area contributed by atoms with E-state index in [9.17, 15) is 0 Å². The Kier molecular flexibility index (Phi) is 8.81. The van der Waals surface area contributed by atoms with E-state index in [0.717, 1.165) is 25.3 Å². The minimum absolute atomic E-state index is 0. The van der Waals surface area contributed by atoms with Crippen LogP contribution in [0, 0.1) is 20.8 Å². The lowest BCUT2D eigenvalue weighted by molar-refractivity contribution is -0.892. The second kappa shape index (κ2) is 10.8. The molecule has 1 N–H and O–H groups in total. The molecule has 2 aromatic carbocycles. The molecular formula is C23H33BrN2O. The van der Waals surface area contributed by atoms with Crippen LogP contribution in [0.2, 0.25) is 0 Å². The molecule has 1 heterocycles. The maximum atomic E-state index is 5.79. The molecule has 0 aliphatic carbocycles. The van der Waals surface area contributed by atoms with Crippen LogP contribution in [-0.4, -0.2) is 37.8 Å². The smallest absolute Gasteiger partial charge is 0.134 e. The van der Waals surface area contributed by atoms with Gasteiger partial charge in [0.2, 0.25) is 0 Å². The fourth-order valence-electron chi connectivity index (χ4n) is 4.00. The molecule has 3 nitrogen and oxygen atoms in total. The predicted octanol–water partition coefficient (Wildman–Crippen LogP) is 0.133. The Bertz CT molecular complexity index is 682. The number of hydrogen-bond donors (Lipinski definition) is 1. The van der Waals surface area contributed by atoms with Gasteiger partial charge in [0.1, 0.15) is 12.4 Å². The SMILES string of the molecule is Cc1cc(C)c(CN2CC[NH+](CCCCOc3ccccc3)C2)c(C)c1.[Br-]. The summed E-state index contributed by atoms with van der Waals surface area (Å²) in [5, 5.41) is 0. The zero-order valence-corrected chi connectivity index (χ0v) is 18.5. The normalized spacial score (nSPS) is 16.9. The van der Waals surface area contributed by atoms with Crippen molar-refractivity contribution in [2.24, 2.45) is 0 Å². The molecule has 0 saturated carbocycles. The maximum Gasteiger partial charge on any atom is 0.134 e. The third-order valence-electron chi connectivity index (χ3n) is 5.39. The molecule has 4 heteroatoms. The van der Waals surface area contributed by atoms with E-state index in [0.29, 0.717) is 0 Å². The summed E-state index contributed by atoms with van der Waals surface area (Å²) in [4.78, 5) is 4.33. The molecule has 27 heavy (non-hydrogen) atoms. The number of unbranched alkanes of at least 4 members (excludes halogenated alkanes) is 1. The van der Waals surface area contributed by atoms with Crippen LogP contribution in [0.1, 0.15) is 35.1 Å². The van der Waals surface area contributed by atoms with Gasteiger partial charge in [0.05, 0.1) is 26.2 Å². The first-order valence-electron chi connectivity index (χ1n) is 9.92. The molecule has 1 atom stereocenters. The summed E-state index contributed by atoms with van der Waals surface area (Å²) < 4.78 is 5.79. The number of benzene rings is 2. The summed E-state index contributed by atoms with van der Waals surface area (Å²) in [5.74, 6) is 0.982. The first-order chi connectivity index (χ1) is 12.6. The largest absolute Gasteiger partial charge is 1.00 e. The molecule has 3 rings (SSSR count). The molecule has 2 aromatic rings. The van der Waals surface area contributed by atoms with Gasteiger partial charge in [-0.25, -0.2) is 4.90 Å². The van der Waals surface area contributed by atoms with Crippen LogP contribution in [-0.2, 0) is 6.54 Å². The lowest BCUT2D eigenvalue weighted by atomic mass is 9.99. The van der Waals surface area contributed by atoms with Crippen LogP contribution in [0.5, 0.6) is 5.75 Å². The lowest BCUT2D eigenvalue weighted by Crippen LogP contribution is -3.10.